The van der Waals surface area contributed by atoms with Crippen molar-refractivity contribution >= 4 is 0 Å². The minimum Gasteiger partial charge on any atom is -0.376 e. The summed E-state index contributed by atoms with van der Waals surface area (Å²) in [5, 5.41) is 3.52. The summed E-state index contributed by atoms with van der Waals surface area (Å²) in [6, 6.07) is 0.523. The fourth-order valence-electron chi connectivity index (χ4n) is 1.54. The van der Waals surface area contributed by atoms with Gasteiger partial charge in [-0.1, -0.05) is 0 Å². The van der Waals surface area contributed by atoms with Gasteiger partial charge in [-0.3, -0.25) is 0 Å². The predicted octanol–water partition coefficient (Wildman–Crippen LogP) is 1.16. The summed E-state index contributed by atoms with van der Waals surface area (Å²) >= 11 is 0. The molecule has 0 bridgehead atoms. The van der Waals surface area contributed by atoms with Crippen molar-refractivity contribution in [1.29, 1.82) is 0 Å². The van der Waals surface area contributed by atoms with Crippen molar-refractivity contribution in [2.45, 2.75) is 38.8 Å². The maximum Gasteiger partial charge on any atom is 0.0697 e. The van der Waals surface area contributed by atoms with Crippen LogP contribution in [-0.2, 0) is 4.74 Å². The van der Waals surface area contributed by atoms with Gasteiger partial charge in [-0.05, 0) is 26.7 Å². The van der Waals surface area contributed by atoms with Gasteiger partial charge in [-0.25, -0.2) is 0 Å². The van der Waals surface area contributed by atoms with Crippen LogP contribution in [0.4, 0.5) is 0 Å². The second-order valence-corrected chi connectivity index (χ2v) is 4.19. The van der Waals surface area contributed by atoms with E-state index in [1.807, 2.05) is 0 Å². The van der Waals surface area contributed by atoms with E-state index < -0.39 is 0 Å². The lowest BCUT2D eigenvalue weighted by molar-refractivity contribution is 0.0397. The molecule has 2 unspecified atom stereocenters. The molecule has 0 radical (unpaired) electrons. The van der Waals surface area contributed by atoms with Gasteiger partial charge in [0.2, 0.25) is 0 Å². The van der Waals surface area contributed by atoms with Gasteiger partial charge < -0.3 is 10.1 Å². The summed E-state index contributed by atoms with van der Waals surface area (Å²) in [4.78, 5) is 0. The molecule has 1 saturated heterocycles. The molecule has 2 atom stereocenters. The van der Waals surface area contributed by atoms with E-state index in [0.29, 0.717) is 17.6 Å². The monoisotopic (exact) mass is 155 g/mol. The summed E-state index contributed by atoms with van der Waals surface area (Å²) in [6.45, 7) is 6.50. The van der Waals surface area contributed by atoms with Gasteiger partial charge in [0, 0.05) is 18.0 Å². The van der Waals surface area contributed by atoms with Crippen LogP contribution in [0, 0.1) is 5.41 Å². The maximum atomic E-state index is 5.73. The largest absolute Gasteiger partial charge is 0.376 e. The zero-order valence-electron chi connectivity index (χ0n) is 7.39. The zero-order valence-corrected chi connectivity index (χ0v) is 7.39. The average molecular weight is 155 g/mol. The standard InChI is InChI=1S/C9H17NO/c1-7-8(2)11-6-9(3-4-9)5-10-7/h7-8,10H,3-6H2,1-2H3. The van der Waals surface area contributed by atoms with E-state index in [2.05, 4.69) is 19.2 Å². The van der Waals surface area contributed by atoms with Crippen molar-refractivity contribution in [3.05, 3.63) is 0 Å². The second-order valence-electron chi connectivity index (χ2n) is 4.19. The zero-order chi connectivity index (χ0) is 7.90. The van der Waals surface area contributed by atoms with Gasteiger partial charge in [-0.2, -0.15) is 0 Å². The van der Waals surface area contributed by atoms with Gasteiger partial charge in [0.05, 0.1) is 12.7 Å². The fourth-order valence-corrected chi connectivity index (χ4v) is 1.54. The smallest absolute Gasteiger partial charge is 0.0697 e. The Balaban J connectivity index is 1.96. The molecule has 1 saturated carbocycles. The molecule has 64 valence electrons. The molecular weight excluding hydrogens is 138 g/mol. The molecule has 2 heteroatoms. The van der Waals surface area contributed by atoms with Gasteiger partial charge in [0.15, 0.2) is 0 Å². The van der Waals surface area contributed by atoms with Gasteiger partial charge in [-0.15, -0.1) is 0 Å². The molecule has 2 rings (SSSR count). The van der Waals surface area contributed by atoms with Crippen molar-refractivity contribution in [3.8, 4) is 0 Å². The van der Waals surface area contributed by atoms with Crippen LogP contribution in [0.3, 0.4) is 0 Å². The first-order valence-electron chi connectivity index (χ1n) is 4.57. The van der Waals surface area contributed by atoms with Crippen molar-refractivity contribution in [2.24, 2.45) is 5.41 Å². The van der Waals surface area contributed by atoms with Gasteiger partial charge >= 0.3 is 0 Å². The summed E-state index contributed by atoms with van der Waals surface area (Å²) in [6.07, 6.45) is 3.11. The van der Waals surface area contributed by atoms with Crippen LogP contribution in [0.25, 0.3) is 0 Å². The molecule has 1 aliphatic carbocycles. The topological polar surface area (TPSA) is 21.3 Å². The molecule has 2 nitrogen and oxygen atoms in total. The molecule has 0 aromatic carbocycles. The molecule has 1 aliphatic heterocycles. The number of nitrogens with one attached hydrogen (secondary N) is 1. The molecule has 0 amide bonds. The highest BCUT2D eigenvalue weighted by Crippen LogP contribution is 2.46. The van der Waals surface area contributed by atoms with Crippen LogP contribution < -0.4 is 5.32 Å². The van der Waals surface area contributed by atoms with Crippen LogP contribution in [0.5, 0.6) is 0 Å². The average Bonchev–Trinajstić information content (AvgIpc) is 2.77. The van der Waals surface area contributed by atoms with Crippen LogP contribution in [0.2, 0.25) is 0 Å². The van der Waals surface area contributed by atoms with E-state index in [0.717, 1.165) is 6.61 Å². The van der Waals surface area contributed by atoms with Crippen molar-refractivity contribution in [2.75, 3.05) is 13.2 Å². The molecule has 1 N–H and O–H groups in total. The van der Waals surface area contributed by atoms with E-state index >= 15 is 0 Å². The van der Waals surface area contributed by atoms with Gasteiger partial charge in [0.1, 0.15) is 0 Å². The van der Waals surface area contributed by atoms with Crippen LogP contribution in [0.1, 0.15) is 26.7 Å². The van der Waals surface area contributed by atoms with Crippen LogP contribution >= 0.6 is 0 Å². The Labute approximate surface area is 68.3 Å². The Morgan fingerprint density at radius 1 is 1.36 bits per heavy atom. The molecule has 0 aromatic rings. The third-order valence-electron chi connectivity index (χ3n) is 3.11. The number of hydrogen-bond donors (Lipinski definition) is 1. The predicted molar refractivity (Wildman–Crippen MR) is 44.5 cm³/mol. The normalized spacial score (nSPS) is 42.0. The Morgan fingerprint density at radius 3 is 2.73 bits per heavy atom. The van der Waals surface area contributed by atoms with Crippen molar-refractivity contribution < 1.29 is 4.74 Å². The van der Waals surface area contributed by atoms with Gasteiger partial charge in [0.25, 0.3) is 0 Å². The Kier molecular flexibility index (Phi) is 1.69. The number of hydrogen-bond acceptors (Lipinski definition) is 2. The molecule has 1 heterocycles. The third-order valence-corrected chi connectivity index (χ3v) is 3.11. The number of rotatable bonds is 0. The summed E-state index contributed by atoms with van der Waals surface area (Å²) in [7, 11) is 0. The molecule has 0 aromatic heterocycles. The Bertz CT molecular complexity index is 140. The first-order chi connectivity index (χ1) is 5.22. The summed E-state index contributed by atoms with van der Waals surface area (Å²) in [5.41, 5.74) is 0.541. The van der Waals surface area contributed by atoms with Crippen LogP contribution in [0.15, 0.2) is 0 Å². The first-order valence-corrected chi connectivity index (χ1v) is 4.57. The van der Waals surface area contributed by atoms with E-state index in [9.17, 15) is 0 Å². The molecule has 2 aliphatic rings. The molecule has 11 heavy (non-hydrogen) atoms. The second kappa shape index (κ2) is 2.46. The lowest BCUT2D eigenvalue weighted by Crippen LogP contribution is -2.35. The van der Waals surface area contributed by atoms with Crippen molar-refractivity contribution in [1.82, 2.24) is 5.32 Å². The minimum atomic E-state index is 0.384. The molecule has 2 fully saturated rings. The Morgan fingerprint density at radius 2 is 2.09 bits per heavy atom. The van der Waals surface area contributed by atoms with E-state index in [1.165, 1.54) is 19.4 Å². The summed E-state index contributed by atoms with van der Waals surface area (Å²) in [5.74, 6) is 0. The van der Waals surface area contributed by atoms with Crippen molar-refractivity contribution in [3.63, 3.8) is 0 Å². The number of ether oxygens (including phenoxy) is 1. The highest BCUT2D eigenvalue weighted by Gasteiger charge is 2.44. The van der Waals surface area contributed by atoms with Crippen LogP contribution in [-0.4, -0.2) is 25.3 Å². The highest BCUT2D eigenvalue weighted by molar-refractivity contribution is 4.97. The maximum absolute atomic E-state index is 5.73. The molecule has 1 spiro atoms. The minimum absolute atomic E-state index is 0.384. The quantitative estimate of drug-likeness (QED) is 0.567. The van der Waals surface area contributed by atoms with E-state index in [4.69, 9.17) is 4.74 Å². The van der Waals surface area contributed by atoms with E-state index in [1.54, 1.807) is 0 Å². The lowest BCUT2D eigenvalue weighted by atomic mass is 10.1. The molecular formula is C9H17NO. The first kappa shape index (κ1) is 7.56. The summed E-state index contributed by atoms with van der Waals surface area (Å²) < 4.78 is 5.73. The highest BCUT2D eigenvalue weighted by atomic mass is 16.5. The third kappa shape index (κ3) is 1.42. The fraction of sp³-hybridized carbons (Fsp3) is 1.00. The SMILES string of the molecule is CC1NCC2(CC2)COC1C. The lowest BCUT2D eigenvalue weighted by Gasteiger charge is -2.16. The van der Waals surface area contributed by atoms with E-state index in [-0.39, 0.29) is 0 Å². The Hall–Kier alpha value is -0.0800.